The number of hydrogen-bond acceptors (Lipinski definition) is 3. The smallest absolute Gasteiger partial charge is 0.317 e. The first-order chi connectivity index (χ1) is 6.74. The standard InChI is InChI=1S/C9H8IN3O/c1-13(10)9(12-7-11)14-8-5-3-2-4-6-8/h2-6H,1H3. The highest BCUT2D eigenvalue weighted by atomic mass is 127. The molecule has 0 aliphatic carbocycles. The van der Waals surface area contributed by atoms with E-state index >= 15 is 0 Å². The molecule has 0 unspecified atom stereocenters. The molecule has 0 amide bonds. The molecule has 1 rings (SSSR count). The Kier molecular flexibility index (Phi) is 4.19. The van der Waals surface area contributed by atoms with E-state index in [1.165, 1.54) is 0 Å². The largest absolute Gasteiger partial charge is 0.425 e. The van der Waals surface area contributed by atoms with Gasteiger partial charge < -0.3 is 4.74 Å². The van der Waals surface area contributed by atoms with E-state index in [1.54, 1.807) is 28.5 Å². The second-order valence-electron chi connectivity index (χ2n) is 2.39. The molecule has 4 nitrogen and oxygen atoms in total. The number of rotatable bonds is 1. The molecule has 0 aromatic heterocycles. The van der Waals surface area contributed by atoms with E-state index in [9.17, 15) is 0 Å². The Labute approximate surface area is 96.3 Å². The van der Waals surface area contributed by atoms with Gasteiger partial charge >= 0.3 is 6.02 Å². The second-order valence-corrected chi connectivity index (χ2v) is 3.83. The molecular weight excluding hydrogens is 293 g/mol. The molecule has 0 atom stereocenters. The molecule has 0 bridgehead atoms. The fourth-order valence-corrected chi connectivity index (χ4v) is 0.998. The SMILES string of the molecule is CN(I)C(=NC#N)Oc1ccccc1. The van der Waals surface area contributed by atoms with E-state index in [1.807, 2.05) is 41.1 Å². The van der Waals surface area contributed by atoms with Gasteiger partial charge in [0.25, 0.3) is 0 Å². The van der Waals surface area contributed by atoms with Crippen molar-refractivity contribution in [1.29, 1.82) is 5.26 Å². The molecule has 1 aromatic carbocycles. The van der Waals surface area contributed by atoms with Crippen molar-refractivity contribution < 1.29 is 4.74 Å². The van der Waals surface area contributed by atoms with E-state index in [0.717, 1.165) is 0 Å². The van der Waals surface area contributed by atoms with Crippen molar-refractivity contribution in [2.45, 2.75) is 0 Å². The van der Waals surface area contributed by atoms with Crippen LogP contribution in [-0.2, 0) is 0 Å². The number of aliphatic imine (C=N–C) groups is 1. The zero-order chi connectivity index (χ0) is 10.4. The Morgan fingerprint density at radius 2 is 2.14 bits per heavy atom. The average molecular weight is 301 g/mol. The number of amidine groups is 1. The summed E-state index contributed by atoms with van der Waals surface area (Å²) in [7, 11) is 1.75. The Hall–Kier alpha value is -1.29. The Bertz CT molecular complexity index is 356. The third-order valence-corrected chi connectivity index (χ3v) is 1.77. The van der Waals surface area contributed by atoms with Gasteiger partial charge in [0.15, 0.2) is 0 Å². The number of ether oxygens (including phenoxy) is 1. The monoisotopic (exact) mass is 301 g/mol. The van der Waals surface area contributed by atoms with Crippen LogP contribution in [0, 0.1) is 11.5 Å². The van der Waals surface area contributed by atoms with Crippen molar-refractivity contribution in [3.05, 3.63) is 30.3 Å². The summed E-state index contributed by atoms with van der Waals surface area (Å²) >= 11 is 1.98. The van der Waals surface area contributed by atoms with Crippen LogP contribution in [0.15, 0.2) is 35.3 Å². The summed E-state index contributed by atoms with van der Waals surface area (Å²) in [6.45, 7) is 0. The maximum Gasteiger partial charge on any atom is 0.317 e. The molecule has 0 saturated carbocycles. The van der Waals surface area contributed by atoms with Gasteiger partial charge in [-0.25, -0.2) is 0 Å². The average Bonchev–Trinajstić information content (AvgIpc) is 2.18. The Morgan fingerprint density at radius 1 is 1.50 bits per heavy atom. The van der Waals surface area contributed by atoms with Gasteiger partial charge in [-0.3, -0.25) is 3.11 Å². The predicted octanol–water partition coefficient (Wildman–Crippen LogP) is 2.18. The zero-order valence-electron chi connectivity index (χ0n) is 7.51. The number of benzene rings is 1. The van der Waals surface area contributed by atoms with Gasteiger partial charge in [0.1, 0.15) is 5.75 Å². The predicted molar refractivity (Wildman–Crippen MR) is 61.9 cm³/mol. The lowest BCUT2D eigenvalue weighted by Crippen LogP contribution is -2.22. The molecule has 0 N–H and O–H groups in total. The Balaban J connectivity index is 2.77. The number of hydrogen-bond donors (Lipinski definition) is 0. The van der Waals surface area contributed by atoms with Crippen molar-refractivity contribution in [3.63, 3.8) is 0 Å². The van der Waals surface area contributed by atoms with E-state index in [2.05, 4.69) is 4.99 Å². The van der Waals surface area contributed by atoms with Crippen molar-refractivity contribution in [2.24, 2.45) is 4.99 Å². The number of para-hydroxylation sites is 1. The van der Waals surface area contributed by atoms with Crippen molar-refractivity contribution in [2.75, 3.05) is 7.05 Å². The fraction of sp³-hybridized carbons (Fsp3) is 0.111. The summed E-state index contributed by atoms with van der Waals surface area (Å²) in [4.78, 5) is 3.54. The lowest BCUT2D eigenvalue weighted by Gasteiger charge is -2.11. The highest BCUT2D eigenvalue weighted by Crippen LogP contribution is 2.11. The van der Waals surface area contributed by atoms with Crippen LogP contribution < -0.4 is 4.74 Å². The van der Waals surface area contributed by atoms with Crippen molar-refractivity contribution in [1.82, 2.24) is 3.11 Å². The highest BCUT2D eigenvalue weighted by molar-refractivity contribution is 14.1. The minimum Gasteiger partial charge on any atom is -0.425 e. The van der Waals surface area contributed by atoms with Gasteiger partial charge in [-0.1, -0.05) is 18.2 Å². The van der Waals surface area contributed by atoms with Crippen LogP contribution >= 0.6 is 22.9 Å². The fourth-order valence-electron chi connectivity index (χ4n) is 0.791. The first kappa shape index (κ1) is 10.8. The summed E-state index contributed by atoms with van der Waals surface area (Å²) in [5.41, 5.74) is 0. The van der Waals surface area contributed by atoms with Crippen LogP contribution in [0.5, 0.6) is 5.75 Å². The van der Waals surface area contributed by atoms with Gasteiger partial charge in [0, 0.05) is 7.05 Å². The maximum absolute atomic E-state index is 8.42. The third-order valence-electron chi connectivity index (χ3n) is 1.36. The van der Waals surface area contributed by atoms with Crippen molar-refractivity contribution in [3.8, 4) is 11.9 Å². The van der Waals surface area contributed by atoms with Crippen LogP contribution in [0.3, 0.4) is 0 Å². The first-order valence-electron chi connectivity index (χ1n) is 3.83. The summed E-state index contributed by atoms with van der Waals surface area (Å²) in [5.74, 6) is 0.657. The second kappa shape index (κ2) is 5.44. The molecule has 0 spiro atoms. The minimum atomic E-state index is 0.263. The third kappa shape index (κ3) is 3.22. The molecule has 0 radical (unpaired) electrons. The molecule has 14 heavy (non-hydrogen) atoms. The van der Waals surface area contributed by atoms with Gasteiger partial charge in [-0.15, -0.1) is 4.99 Å². The summed E-state index contributed by atoms with van der Waals surface area (Å²) in [6, 6.07) is 9.46. The van der Waals surface area contributed by atoms with E-state index in [4.69, 9.17) is 10.00 Å². The number of halogens is 1. The molecular formula is C9H8IN3O. The van der Waals surface area contributed by atoms with E-state index < -0.39 is 0 Å². The minimum absolute atomic E-state index is 0.263. The summed E-state index contributed by atoms with van der Waals surface area (Å²) < 4.78 is 6.97. The zero-order valence-corrected chi connectivity index (χ0v) is 9.67. The molecule has 0 heterocycles. The molecule has 72 valence electrons. The van der Waals surface area contributed by atoms with Gasteiger partial charge in [0.05, 0.1) is 22.9 Å². The molecule has 5 heteroatoms. The Morgan fingerprint density at radius 3 is 2.64 bits per heavy atom. The van der Waals surface area contributed by atoms with Crippen LogP contribution in [0.1, 0.15) is 0 Å². The highest BCUT2D eigenvalue weighted by Gasteiger charge is 2.05. The number of nitrogens with zero attached hydrogens (tertiary/aromatic N) is 3. The van der Waals surface area contributed by atoms with Crippen LogP contribution in [0.25, 0.3) is 0 Å². The van der Waals surface area contributed by atoms with E-state index in [0.29, 0.717) is 5.75 Å². The van der Waals surface area contributed by atoms with Gasteiger partial charge in [0.2, 0.25) is 6.19 Å². The van der Waals surface area contributed by atoms with Crippen LogP contribution in [-0.4, -0.2) is 16.2 Å². The lowest BCUT2D eigenvalue weighted by atomic mass is 10.3. The molecule has 1 aromatic rings. The maximum atomic E-state index is 8.42. The quantitative estimate of drug-likeness (QED) is 0.263. The number of nitriles is 1. The topological polar surface area (TPSA) is 48.6 Å². The lowest BCUT2D eigenvalue weighted by molar-refractivity contribution is 0.496. The summed E-state index contributed by atoms with van der Waals surface area (Å²) in [5, 5.41) is 8.42. The molecule has 0 saturated heterocycles. The molecule has 0 fully saturated rings. The molecule has 0 aliphatic rings. The van der Waals surface area contributed by atoms with Crippen LogP contribution in [0.2, 0.25) is 0 Å². The summed E-state index contributed by atoms with van der Waals surface area (Å²) in [6.07, 6.45) is 1.69. The van der Waals surface area contributed by atoms with Crippen molar-refractivity contribution >= 4 is 28.9 Å². The van der Waals surface area contributed by atoms with Gasteiger partial charge in [-0.2, -0.15) is 5.26 Å². The van der Waals surface area contributed by atoms with E-state index in [-0.39, 0.29) is 6.02 Å². The molecule has 0 aliphatic heterocycles. The van der Waals surface area contributed by atoms with Crippen LogP contribution in [0.4, 0.5) is 0 Å². The van der Waals surface area contributed by atoms with Gasteiger partial charge in [-0.05, 0) is 12.1 Å². The normalized spacial score (nSPS) is 10.5. The first-order valence-corrected chi connectivity index (χ1v) is 4.79.